The molecule has 0 radical (unpaired) electrons. The van der Waals surface area contributed by atoms with Crippen LogP contribution in [0.5, 0.6) is 5.75 Å². The van der Waals surface area contributed by atoms with E-state index in [1.165, 1.54) is 12.1 Å². The Hall–Kier alpha value is -2.01. The van der Waals surface area contributed by atoms with Gasteiger partial charge in [0.15, 0.2) is 0 Å². The van der Waals surface area contributed by atoms with E-state index >= 15 is 0 Å². The van der Waals surface area contributed by atoms with Crippen LogP contribution in [0.3, 0.4) is 0 Å². The minimum Gasteiger partial charge on any atom is -0.465 e. The van der Waals surface area contributed by atoms with Crippen LogP contribution in [0.2, 0.25) is 0 Å². The highest BCUT2D eigenvalue weighted by Crippen LogP contribution is 2.31. The van der Waals surface area contributed by atoms with Gasteiger partial charge in [-0.15, -0.1) is 0 Å². The summed E-state index contributed by atoms with van der Waals surface area (Å²) in [4.78, 5) is 11.9. The maximum absolute atomic E-state index is 12.2. The number of hydrogen-bond acceptors (Lipinski definition) is 5. The Morgan fingerprint density at radius 2 is 1.83 bits per heavy atom. The number of nitrogens with zero attached hydrogens (tertiary/aromatic N) is 1. The predicted molar refractivity (Wildman–Crippen MR) is 75.0 cm³/mol. The SMILES string of the molecule is O=C(O)N1CCC(c2ccc(OS(=O)(=O)C(F)(F)F)cc2)C(O)C1. The van der Waals surface area contributed by atoms with Crippen molar-refractivity contribution in [2.45, 2.75) is 24.0 Å². The number of rotatable bonds is 3. The second-order valence-electron chi connectivity index (χ2n) is 5.24. The highest BCUT2D eigenvalue weighted by atomic mass is 32.2. The number of carbonyl (C=O) groups is 1. The maximum Gasteiger partial charge on any atom is 0.534 e. The number of carboxylic acid groups (broad SMARTS) is 1. The van der Waals surface area contributed by atoms with E-state index in [1.54, 1.807) is 0 Å². The van der Waals surface area contributed by atoms with E-state index in [4.69, 9.17) is 5.11 Å². The molecule has 0 aliphatic carbocycles. The van der Waals surface area contributed by atoms with Crippen molar-refractivity contribution in [2.75, 3.05) is 13.1 Å². The first-order valence-electron chi connectivity index (χ1n) is 6.78. The number of aliphatic hydroxyl groups is 1. The molecule has 1 amide bonds. The molecule has 1 aromatic carbocycles. The second kappa shape index (κ2) is 6.48. The molecule has 0 saturated carbocycles. The first kappa shape index (κ1) is 18.3. The fraction of sp³-hybridized carbons (Fsp3) is 0.462. The predicted octanol–water partition coefficient (Wildman–Crippen LogP) is 1.74. The van der Waals surface area contributed by atoms with E-state index in [0.717, 1.165) is 17.0 Å². The lowest BCUT2D eigenvalue weighted by molar-refractivity contribution is -0.0500. The van der Waals surface area contributed by atoms with Crippen molar-refractivity contribution in [1.29, 1.82) is 0 Å². The van der Waals surface area contributed by atoms with Crippen LogP contribution in [0, 0.1) is 0 Å². The number of amides is 1. The number of benzene rings is 1. The molecule has 2 rings (SSSR count). The Bertz CT molecular complexity index is 703. The number of hydrogen-bond donors (Lipinski definition) is 2. The van der Waals surface area contributed by atoms with Gasteiger partial charge in [-0.3, -0.25) is 0 Å². The first-order valence-corrected chi connectivity index (χ1v) is 8.19. The molecule has 1 aliphatic heterocycles. The van der Waals surface area contributed by atoms with E-state index in [2.05, 4.69) is 4.18 Å². The zero-order valence-corrected chi connectivity index (χ0v) is 12.9. The van der Waals surface area contributed by atoms with Crippen LogP contribution in [0.4, 0.5) is 18.0 Å². The molecule has 7 nitrogen and oxygen atoms in total. The Labute approximate surface area is 135 Å². The summed E-state index contributed by atoms with van der Waals surface area (Å²) in [5.41, 5.74) is -4.98. The molecule has 0 spiro atoms. The molecule has 24 heavy (non-hydrogen) atoms. The van der Waals surface area contributed by atoms with E-state index in [-0.39, 0.29) is 13.1 Å². The Kier molecular flexibility index (Phi) is 4.95. The third-order valence-electron chi connectivity index (χ3n) is 3.65. The minimum absolute atomic E-state index is 0.0826. The van der Waals surface area contributed by atoms with Gasteiger partial charge in [0.1, 0.15) is 5.75 Å². The quantitative estimate of drug-likeness (QED) is 0.621. The molecule has 1 saturated heterocycles. The molecule has 1 aromatic rings. The van der Waals surface area contributed by atoms with Crippen molar-refractivity contribution in [3.05, 3.63) is 29.8 Å². The van der Waals surface area contributed by atoms with Crippen LogP contribution >= 0.6 is 0 Å². The van der Waals surface area contributed by atoms with E-state index in [0.29, 0.717) is 12.0 Å². The van der Waals surface area contributed by atoms with E-state index < -0.39 is 39.5 Å². The fourth-order valence-electron chi connectivity index (χ4n) is 2.44. The van der Waals surface area contributed by atoms with Gasteiger partial charge in [0.2, 0.25) is 0 Å². The normalized spacial score (nSPS) is 22.2. The fourth-order valence-corrected chi connectivity index (χ4v) is 2.90. The second-order valence-corrected chi connectivity index (χ2v) is 6.78. The third kappa shape index (κ3) is 3.90. The van der Waals surface area contributed by atoms with Gasteiger partial charge in [-0.2, -0.15) is 21.6 Å². The molecule has 0 aromatic heterocycles. The monoisotopic (exact) mass is 369 g/mol. The molecule has 1 heterocycles. The van der Waals surface area contributed by atoms with Gasteiger partial charge in [0.25, 0.3) is 0 Å². The lowest BCUT2D eigenvalue weighted by atomic mass is 9.87. The van der Waals surface area contributed by atoms with Gasteiger partial charge in [0.05, 0.1) is 12.6 Å². The molecular weight excluding hydrogens is 355 g/mol. The summed E-state index contributed by atoms with van der Waals surface area (Å²) in [5.74, 6) is -0.914. The number of piperidine rings is 1. The molecule has 134 valence electrons. The Morgan fingerprint density at radius 1 is 1.25 bits per heavy atom. The third-order valence-corrected chi connectivity index (χ3v) is 4.63. The Morgan fingerprint density at radius 3 is 2.29 bits per heavy atom. The molecule has 1 fully saturated rings. The van der Waals surface area contributed by atoms with Crippen molar-refractivity contribution in [3.63, 3.8) is 0 Å². The summed E-state index contributed by atoms with van der Waals surface area (Å²) in [6.07, 6.45) is -1.79. The van der Waals surface area contributed by atoms with Gasteiger partial charge in [-0.05, 0) is 24.1 Å². The molecule has 0 bridgehead atoms. The van der Waals surface area contributed by atoms with Crippen molar-refractivity contribution in [3.8, 4) is 5.75 Å². The van der Waals surface area contributed by atoms with E-state index in [1.807, 2.05) is 0 Å². The Balaban J connectivity index is 2.09. The molecule has 2 N–H and O–H groups in total. The van der Waals surface area contributed by atoms with E-state index in [9.17, 15) is 31.5 Å². The van der Waals surface area contributed by atoms with Crippen molar-refractivity contribution < 1.29 is 40.8 Å². The van der Waals surface area contributed by atoms with Crippen LogP contribution in [-0.2, 0) is 10.1 Å². The number of aliphatic hydroxyl groups excluding tert-OH is 1. The van der Waals surface area contributed by atoms with Gasteiger partial charge in [0, 0.05) is 12.5 Å². The highest BCUT2D eigenvalue weighted by molar-refractivity contribution is 7.87. The van der Waals surface area contributed by atoms with Crippen LogP contribution in [0.25, 0.3) is 0 Å². The molecule has 1 aliphatic rings. The summed E-state index contributed by atoms with van der Waals surface area (Å²) in [6.45, 7) is 0.123. The summed E-state index contributed by atoms with van der Waals surface area (Å²) >= 11 is 0. The van der Waals surface area contributed by atoms with Crippen LogP contribution in [-0.4, -0.2) is 54.3 Å². The molecule has 2 atom stereocenters. The van der Waals surface area contributed by atoms with Crippen molar-refractivity contribution in [1.82, 2.24) is 4.90 Å². The smallest absolute Gasteiger partial charge is 0.465 e. The zero-order valence-electron chi connectivity index (χ0n) is 12.1. The molecule has 2 unspecified atom stereocenters. The summed E-state index contributed by atoms with van der Waals surface area (Å²) in [5, 5.41) is 18.9. The minimum atomic E-state index is -5.74. The lowest BCUT2D eigenvalue weighted by Gasteiger charge is -2.34. The molecular formula is C13H14F3NO6S. The van der Waals surface area contributed by atoms with Crippen LogP contribution in [0.1, 0.15) is 17.9 Å². The summed E-state index contributed by atoms with van der Waals surface area (Å²) in [7, 11) is -5.74. The largest absolute Gasteiger partial charge is 0.534 e. The zero-order chi connectivity index (χ0) is 18.1. The van der Waals surface area contributed by atoms with Gasteiger partial charge in [-0.1, -0.05) is 12.1 Å². The van der Waals surface area contributed by atoms with Gasteiger partial charge in [-0.25, -0.2) is 4.79 Å². The standard InChI is InChI=1S/C13H14F3NO6S/c14-13(15,16)24(21,22)23-9-3-1-8(2-4-9)10-5-6-17(12(19)20)7-11(10)18/h1-4,10-11,18H,5-7H2,(H,19,20). The van der Waals surface area contributed by atoms with Crippen molar-refractivity contribution >= 4 is 16.2 Å². The lowest BCUT2D eigenvalue weighted by Crippen LogP contribution is -2.45. The number of β-amino-alcohol motifs (C(OH)–C–C–N with tert-alkyl or cyclic N) is 1. The summed E-state index contributed by atoms with van der Waals surface area (Å²) in [6, 6.07) is 4.78. The summed E-state index contributed by atoms with van der Waals surface area (Å²) < 4.78 is 62.5. The maximum atomic E-state index is 12.2. The first-order chi connectivity index (χ1) is 11.0. The number of halogens is 3. The molecule has 11 heteroatoms. The number of likely N-dealkylation sites (tertiary alicyclic amines) is 1. The number of alkyl halides is 3. The average Bonchev–Trinajstić information content (AvgIpc) is 2.46. The van der Waals surface area contributed by atoms with Crippen LogP contribution in [0.15, 0.2) is 24.3 Å². The van der Waals surface area contributed by atoms with Crippen molar-refractivity contribution in [2.24, 2.45) is 0 Å². The topological polar surface area (TPSA) is 104 Å². The average molecular weight is 369 g/mol. The van der Waals surface area contributed by atoms with Gasteiger partial charge >= 0.3 is 21.7 Å². The van der Waals surface area contributed by atoms with Crippen LogP contribution < -0.4 is 4.18 Å². The van der Waals surface area contributed by atoms with Gasteiger partial charge < -0.3 is 19.3 Å². The highest BCUT2D eigenvalue weighted by Gasteiger charge is 2.48.